The van der Waals surface area contributed by atoms with Gasteiger partial charge in [0.15, 0.2) is 0 Å². The molecule has 0 bridgehead atoms. The van der Waals surface area contributed by atoms with Crippen LogP contribution < -0.4 is 11.1 Å². The number of hydrogen-bond acceptors (Lipinski definition) is 4. The Hall–Kier alpha value is -2.71. The first-order chi connectivity index (χ1) is 13.3. The van der Waals surface area contributed by atoms with Gasteiger partial charge in [0.1, 0.15) is 0 Å². The van der Waals surface area contributed by atoms with E-state index in [0.717, 1.165) is 19.3 Å². The molecule has 8 heteroatoms. The largest absolute Gasteiger partial charge is 0.366 e. The minimum Gasteiger partial charge on any atom is -0.366 e. The van der Waals surface area contributed by atoms with E-state index in [-0.39, 0.29) is 10.5 Å². The first-order valence-corrected chi connectivity index (χ1v) is 10.5. The molecule has 3 rings (SSSR count). The number of amides is 2. The third-order valence-electron chi connectivity index (χ3n) is 4.83. The number of anilines is 1. The lowest BCUT2D eigenvalue weighted by Gasteiger charge is -2.26. The topological polar surface area (TPSA) is 110 Å². The van der Waals surface area contributed by atoms with Crippen molar-refractivity contribution in [3.8, 4) is 0 Å². The Morgan fingerprint density at radius 2 is 1.64 bits per heavy atom. The molecule has 2 aromatic carbocycles. The molecule has 0 atom stereocenters. The van der Waals surface area contributed by atoms with Crippen molar-refractivity contribution in [3.63, 3.8) is 0 Å². The summed E-state index contributed by atoms with van der Waals surface area (Å²) in [5, 5.41) is 2.72. The highest BCUT2D eigenvalue weighted by Gasteiger charge is 2.27. The summed E-state index contributed by atoms with van der Waals surface area (Å²) in [5.41, 5.74) is 6.99. The Labute approximate surface area is 164 Å². The van der Waals surface area contributed by atoms with Crippen LogP contribution in [-0.2, 0) is 10.0 Å². The average molecular weight is 401 g/mol. The molecule has 0 unspecified atom stereocenters. The van der Waals surface area contributed by atoms with Crippen molar-refractivity contribution in [1.29, 1.82) is 0 Å². The quantitative estimate of drug-likeness (QED) is 0.802. The zero-order valence-electron chi connectivity index (χ0n) is 15.6. The monoisotopic (exact) mass is 401 g/mol. The molecular formula is C20H23N3O4S. The standard InChI is InChI=1S/C20H23N3O4S/c1-14-5-10-17(28(26,27)23-11-3-2-4-12-23)13-18(14)20(25)22-16-8-6-15(7-9-16)19(21)24/h5-10,13H,2-4,11-12H2,1H3,(H2,21,24)(H,22,25). The van der Waals surface area contributed by atoms with Gasteiger partial charge in [-0.2, -0.15) is 4.31 Å². The second-order valence-corrected chi connectivity index (χ2v) is 8.78. The lowest BCUT2D eigenvalue weighted by Crippen LogP contribution is -2.35. The zero-order chi connectivity index (χ0) is 20.3. The van der Waals surface area contributed by atoms with Crippen molar-refractivity contribution >= 4 is 27.5 Å². The number of sulfonamides is 1. The van der Waals surface area contributed by atoms with Crippen LogP contribution in [0.15, 0.2) is 47.4 Å². The molecule has 148 valence electrons. The van der Waals surface area contributed by atoms with Gasteiger partial charge in [-0.05, 0) is 61.7 Å². The highest BCUT2D eigenvalue weighted by Crippen LogP contribution is 2.23. The average Bonchev–Trinajstić information content (AvgIpc) is 2.69. The van der Waals surface area contributed by atoms with E-state index in [2.05, 4.69) is 5.32 Å². The second kappa shape index (κ2) is 8.12. The number of nitrogens with zero attached hydrogens (tertiary/aromatic N) is 1. The fourth-order valence-electron chi connectivity index (χ4n) is 3.18. The number of primary amides is 1. The van der Waals surface area contributed by atoms with Gasteiger partial charge >= 0.3 is 0 Å². The molecule has 1 saturated heterocycles. The molecule has 0 saturated carbocycles. The van der Waals surface area contributed by atoms with Gasteiger partial charge in [-0.3, -0.25) is 9.59 Å². The van der Waals surface area contributed by atoms with E-state index in [1.54, 1.807) is 25.1 Å². The Balaban J connectivity index is 1.84. The molecule has 0 aliphatic carbocycles. The van der Waals surface area contributed by atoms with Crippen molar-refractivity contribution < 1.29 is 18.0 Å². The summed E-state index contributed by atoms with van der Waals surface area (Å²) in [4.78, 5) is 24.0. The summed E-state index contributed by atoms with van der Waals surface area (Å²) in [7, 11) is -3.62. The van der Waals surface area contributed by atoms with Gasteiger partial charge < -0.3 is 11.1 Å². The lowest BCUT2D eigenvalue weighted by molar-refractivity contribution is 0.0998. The van der Waals surface area contributed by atoms with Crippen molar-refractivity contribution in [3.05, 3.63) is 59.2 Å². The number of aryl methyl sites for hydroxylation is 1. The Kier molecular flexibility index (Phi) is 5.81. The first-order valence-electron chi connectivity index (χ1n) is 9.11. The molecule has 2 amide bonds. The SMILES string of the molecule is Cc1ccc(S(=O)(=O)N2CCCCC2)cc1C(=O)Nc1ccc(C(N)=O)cc1. The molecule has 0 spiro atoms. The third-order valence-corrected chi connectivity index (χ3v) is 6.73. The van der Waals surface area contributed by atoms with E-state index < -0.39 is 21.8 Å². The summed E-state index contributed by atoms with van der Waals surface area (Å²) in [6, 6.07) is 10.8. The zero-order valence-corrected chi connectivity index (χ0v) is 16.5. The minimum atomic E-state index is -3.62. The maximum Gasteiger partial charge on any atom is 0.255 e. The van der Waals surface area contributed by atoms with Crippen LogP contribution in [0.4, 0.5) is 5.69 Å². The fourth-order valence-corrected chi connectivity index (χ4v) is 4.72. The molecule has 7 nitrogen and oxygen atoms in total. The Bertz CT molecular complexity index is 995. The van der Waals surface area contributed by atoms with Gasteiger partial charge in [0.25, 0.3) is 5.91 Å². The number of rotatable bonds is 5. The minimum absolute atomic E-state index is 0.120. The summed E-state index contributed by atoms with van der Waals surface area (Å²) >= 11 is 0. The maximum atomic E-state index is 12.9. The van der Waals surface area contributed by atoms with E-state index >= 15 is 0 Å². The van der Waals surface area contributed by atoms with E-state index in [0.29, 0.717) is 29.9 Å². The molecule has 1 aliphatic rings. The van der Waals surface area contributed by atoms with Crippen LogP contribution in [0.2, 0.25) is 0 Å². The fraction of sp³-hybridized carbons (Fsp3) is 0.300. The molecular weight excluding hydrogens is 378 g/mol. The summed E-state index contributed by atoms with van der Waals surface area (Å²) in [6.45, 7) is 2.76. The van der Waals surface area contributed by atoms with E-state index in [4.69, 9.17) is 5.73 Å². The highest BCUT2D eigenvalue weighted by molar-refractivity contribution is 7.89. The first kappa shape index (κ1) is 20.0. The van der Waals surface area contributed by atoms with Crippen LogP contribution in [-0.4, -0.2) is 37.6 Å². The second-order valence-electron chi connectivity index (χ2n) is 6.84. The molecule has 0 radical (unpaired) electrons. The van der Waals surface area contributed by atoms with Gasteiger partial charge in [0, 0.05) is 29.9 Å². The van der Waals surface area contributed by atoms with Crippen LogP contribution in [0.25, 0.3) is 0 Å². The summed E-state index contributed by atoms with van der Waals surface area (Å²) < 4.78 is 27.2. The number of benzene rings is 2. The Morgan fingerprint density at radius 3 is 2.25 bits per heavy atom. The number of carbonyl (C=O) groups excluding carboxylic acids is 2. The number of hydrogen-bond donors (Lipinski definition) is 2. The van der Waals surface area contributed by atoms with Crippen molar-refractivity contribution in [2.75, 3.05) is 18.4 Å². The number of nitrogens with two attached hydrogens (primary N) is 1. The number of carbonyl (C=O) groups is 2. The van der Waals surface area contributed by atoms with Crippen LogP contribution in [0.1, 0.15) is 45.5 Å². The van der Waals surface area contributed by atoms with Gasteiger partial charge in [-0.1, -0.05) is 12.5 Å². The van der Waals surface area contributed by atoms with Crippen molar-refractivity contribution in [2.24, 2.45) is 5.73 Å². The Morgan fingerprint density at radius 1 is 1.00 bits per heavy atom. The van der Waals surface area contributed by atoms with Crippen LogP contribution >= 0.6 is 0 Å². The predicted octanol–water partition coefficient (Wildman–Crippen LogP) is 2.52. The maximum absolute atomic E-state index is 12.9. The summed E-state index contributed by atoms with van der Waals surface area (Å²) in [6.07, 6.45) is 2.72. The lowest BCUT2D eigenvalue weighted by atomic mass is 10.1. The van der Waals surface area contributed by atoms with E-state index in [1.165, 1.54) is 28.6 Å². The number of nitrogens with one attached hydrogen (secondary N) is 1. The van der Waals surface area contributed by atoms with E-state index in [1.807, 2.05) is 0 Å². The molecule has 1 aliphatic heterocycles. The van der Waals surface area contributed by atoms with Crippen LogP contribution in [0, 0.1) is 6.92 Å². The van der Waals surface area contributed by atoms with Gasteiger partial charge in [0.05, 0.1) is 4.90 Å². The van der Waals surface area contributed by atoms with Crippen LogP contribution in [0.3, 0.4) is 0 Å². The van der Waals surface area contributed by atoms with Gasteiger partial charge in [-0.25, -0.2) is 8.42 Å². The highest BCUT2D eigenvalue weighted by atomic mass is 32.2. The molecule has 0 aromatic heterocycles. The summed E-state index contributed by atoms with van der Waals surface area (Å²) in [5.74, 6) is -0.968. The predicted molar refractivity (Wildman–Crippen MR) is 107 cm³/mol. The van der Waals surface area contributed by atoms with Crippen molar-refractivity contribution in [1.82, 2.24) is 4.31 Å². The van der Waals surface area contributed by atoms with Crippen LogP contribution in [0.5, 0.6) is 0 Å². The normalized spacial score (nSPS) is 15.2. The number of piperidine rings is 1. The third kappa shape index (κ3) is 4.23. The van der Waals surface area contributed by atoms with E-state index in [9.17, 15) is 18.0 Å². The molecule has 2 aromatic rings. The van der Waals surface area contributed by atoms with Gasteiger partial charge in [-0.15, -0.1) is 0 Å². The van der Waals surface area contributed by atoms with Crippen molar-refractivity contribution in [2.45, 2.75) is 31.1 Å². The smallest absolute Gasteiger partial charge is 0.255 e. The van der Waals surface area contributed by atoms with Gasteiger partial charge in [0.2, 0.25) is 15.9 Å². The molecule has 1 heterocycles. The molecule has 1 fully saturated rings. The molecule has 3 N–H and O–H groups in total. The molecule has 28 heavy (non-hydrogen) atoms.